The number of hydrogen-bond acceptors (Lipinski definition) is 5. The summed E-state index contributed by atoms with van der Waals surface area (Å²) >= 11 is 1.62. The van der Waals surface area contributed by atoms with Crippen molar-refractivity contribution in [1.82, 2.24) is 15.8 Å². The van der Waals surface area contributed by atoms with Crippen molar-refractivity contribution >= 4 is 27.4 Å². The third-order valence-electron chi connectivity index (χ3n) is 4.62. The molecular weight excluding hydrogens is 372 g/mol. The summed E-state index contributed by atoms with van der Waals surface area (Å²) in [7, 11) is 0. The first kappa shape index (κ1) is 20.4. The number of aliphatic hydroxyl groups is 1. The Hall–Kier alpha value is -2.38. The monoisotopic (exact) mass is 400 g/mol. The van der Waals surface area contributed by atoms with Crippen LogP contribution >= 0.6 is 11.3 Å². The molecule has 0 amide bonds. The zero-order valence-corrected chi connectivity index (χ0v) is 17.5. The molecule has 2 heterocycles. The SMILES string of the molecule is CCNC(=NCC(O)c1cc2ccccc2s1)NCCCc1c(C)noc1C. The summed E-state index contributed by atoms with van der Waals surface area (Å²) in [5.74, 6) is 1.62. The Kier molecular flexibility index (Phi) is 7.06. The predicted octanol–water partition coefficient (Wildman–Crippen LogP) is 3.73. The Morgan fingerprint density at radius 1 is 1.29 bits per heavy atom. The van der Waals surface area contributed by atoms with Gasteiger partial charge in [0.25, 0.3) is 0 Å². The number of nitrogens with one attached hydrogen (secondary N) is 2. The van der Waals surface area contributed by atoms with Gasteiger partial charge in [-0.1, -0.05) is 23.4 Å². The van der Waals surface area contributed by atoms with E-state index in [1.807, 2.05) is 39.0 Å². The van der Waals surface area contributed by atoms with Crippen LogP contribution in [0.25, 0.3) is 10.1 Å². The van der Waals surface area contributed by atoms with Crippen molar-refractivity contribution in [3.05, 3.63) is 52.2 Å². The van der Waals surface area contributed by atoms with E-state index in [-0.39, 0.29) is 0 Å². The lowest BCUT2D eigenvalue weighted by atomic mass is 10.1. The summed E-state index contributed by atoms with van der Waals surface area (Å²) in [4.78, 5) is 5.49. The van der Waals surface area contributed by atoms with E-state index < -0.39 is 6.10 Å². The van der Waals surface area contributed by atoms with Crippen LogP contribution in [0.3, 0.4) is 0 Å². The zero-order chi connectivity index (χ0) is 19.9. The minimum Gasteiger partial charge on any atom is -0.386 e. The van der Waals surface area contributed by atoms with Crippen molar-refractivity contribution in [3.63, 3.8) is 0 Å². The fourth-order valence-corrected chi connectivity index (χ4v) is 4.15. The van der Waals surface area contributed by atoms with E-state index in [9.17, 15) is 5.11 Å². The highest BCUT2D eigenvalue weighted by atomic mass is 32.1. The van der Waals surface area contributed by atoms with Crippen molar-refractivity contribution in [2.24, 2.45) is 4.99 Å². The molecule has 0 saturated carbocycles. The van der Waals surface area contributed by atoms with Crippen LogP contribution in [0, 0.1) is 13.8 Å². The molecule has 28 heavy (non-hydrogen) atoms. The number of aliphatic imine (C=N–C) groups is 1. The molecule has 150 valence electrons. The van der Waals surface area contributed by atoms with Gasteiger partial charge in [-0.3, -0.25) is 4.99 Å². The molecule has 1 aromatic carbocycles. The summed E-state index contributed by atoms with van der Waals surface area (Å²) in [6.07, 6.45) is 1.26. The summed E-state index contributed by atoms with van der Waals surface area (Å²) in [6, 6.07) is 10.2. The van der Waals surface area contributed by atoms with E-state index in [4.69, 9.17) is 4.52 Å². The number of aromatic nitrogens is 1. The number of rotatable bonds is 8. The minimum atomic E-state index is -0.602. The standard InChI is InChI=1S/C21H28N4O2S/c1-4-22-21(23-11-7-9-17-14(2)25-27-15(17)3)24-13-18(26)20-12-16-8-5-6-10-19(16)28-20/h5-6,8,10,12,18,26H,4,7,9,11,13H2,1-3H3,(H2,22,23,24). The second kappa shape index (κ2) is 9.71. The van der Waals surface area contributed by atoms with Crippen LogP contribution in [0.4, 0.5) is 0 Å². The molecule has 0 aliphatic rings. The highest BCUT2D eigenvalue weighted by Crippen LogP contribution is 2.29. The molecule has 1 atom stereocenters. The lowest BCUT2D eigenvalue weighted by Crippen LogP contribution is -2.38. The lowest BCUT2D eigenvalue weighted by molar-refractivity contribution is 0.191. The number of guanidine groups is 1. The second-order valence-corrected chi connectivity index (χ2v) is 7.87. The highest BCUT2D eigenvalue weighted by Gasteiger charge is 2.12. The molecule has 6 nitrogen and oxygen atoms in total. The van der Waals surface area contributed by atoms with Gasteiger partial charge in [0.2, 0.25) is 0 Å². The number of thiophene rings is 1. The number of hydrogen-bond donors (Lipinski definition) is 3. The molecule has 0 bridgehead atoms. The fraction of sp³-hybridized carbons (Fsp3) is 0.429. The maximum atomic E-state index is 10.5. The van der Waals surface area contributed by atoms with Gasteiger partial charge in [0.05, 0.1) is 12.2 Å². The number of aliphatic hydroxyl groups excluding tert-OH is 1. The van der Waals surface area contributed by atoms with Gasteiger partial charge in [-0.2, -0.15) is 0 Å². The van der Waals surface area contributed by atoms with Crippen LogP contribution in [-0.2, 0) is 6.42 Å². The number of nitrogens with zero attached hydrogens (tertiary/aromatic N) is 2. The van der Waals surface area contributed by atoms with Crippen molar-refractivity contribution < 1.29 is 9.63 Å². The minimum absolute atomic E-state index is 0.325. The highest BCUT2D eigenvalue weighted by molar-refractivity contribution is 7.19. The molecular formula is C21H28N4O2S. The van der Waals surface area contributed by atoms with E-state index in [2.05, 4.69) is 32.9 Å². The van der Waals surface area contributed by atoms with Gasteiger partial charge in [0, 0.05) is 28.2 Å². The smallest absolute Gasteiger partial charge is 0.191 e. The number of fused-ring (bicyclic) bond motifs is 1. The van der Waals surface area contributed by atoms with Crippen LogP contribution in [0.1, 0.15) is 41.3 Å². The van der Waals surface area contributed by atoms with E-state index in [1.165, 1.54) is 10.3 Å². The van der Waals surface area contributed by atoms with Crippen LogP contribution in [0.2, 0.25) is 0 Å². The Labute approximate surface area is 169 Å². The molecule has 3 rings (SSSR count). The summed E-state index contributed by atoms with van der Waals surface area (Å²) < 4.78 is 6.39. The van der Waals surface area contributed by atoms with Gasteiger partial charge < -0.3 is 20.3 Å². The van der Waals surface area contributed by atoms with Gasteiger partial charge in [-0.15, -0.1) is 11.3 Å². The third-order valence-corrected chi connectivity index (χ3v) is 5.83. The maximum absolute atomic E-state index is 10.5. The van der Waals surface area contributed by atoms with E-state index in [0.29, 0.717) is 6.54 Å². The van der Waals surface area contributed by atoms with E-state index in [0.717, 1.165) is 53.6 Å². The van der Waals surface area contributed by atoms with Crippen molar-refractivity contribution in [1.29, 1.82) is 0 Å². The summed E-state index contributed by atoms with van der Waals surface area (Å²) in [5, 5.41) is 22.3. The van der Waals surface area contributed by atoms with E-state index in [1.54, 1.807) is 11.3 Å². The summed E-state index contributed by atoms with van der Waals surface area (Å²) in [6.45, 7) is 7.84. The van der Waals surface area contributed by atoms with Gasteiger partial charge in [0.1, 0.15) is 11.9 Å². The molecule has 3 N–H and O–H groups in total. The van der Waals surface area contributed by atoms with Crippen LogP contribution < -0.4 is 10.6 Å². The average molecular weight is 401 g/mol. The molecule has 0 aliphatic heterocycles. The Morgan fingerprint density at radius 3 is 2.82 bits per heavy atom. The van der Waals surface area contributed by atoms with Crippen LogP contribution in [0.5, 0.6) is 0 Å². The average Bonchev–Trinajstić information content (AvgIpc) is 3.26. The topological polar surface area (TPSA) is 82.7 Å². The van der Waals surface area contributed by atoms with Crippen LogP contribution in [0.15, 0.2) is 39.8 Å². The largest absolute Gasteiger partial charge is 0.386 e. The fourth-order valence-electron chi connectivity index (χ4n) is 3.11. The van der Waals surface area contributed by atoms with Crippen molar-refractivity contribution in [2.75, 3.05) is 19.6 Å². The van der Waals surface area contributed by atoms with Gasteiger partial charge >= 0.3 is 0 Å². The third kappa shape index (κ3) is 5.11. The molecule has 3 aromatic rings. The zero-order valence-electron chi connectivity index (χ0n) is 16.7. The van der Waals surface area contributed by atoms with Crippen LogP contribution in [-0.4, -0.2) is 35.9 Å². The molecule has 0 spiro atoms. The van der Waals surface area contributed by atoms with Gasteiger partial charge in [-0.05, 0) is 51.1 Å². The second-order valence-electron chi connectivity index (χ2n) is 6.76. The lowest BCUT2D eigenvalue weighted by Gasteiger charge is -2.12. The first-order chi connectivity index (χ1) is 13.6. The molecule has 0 fully saturated rings. The van der Waals surface area contributed by atoms with Crippen molar-refractivity contribution in [2.45, 2.75) is 39.7 Å². The first-order valence-electron chi connectivity index (χ1n) is 9.69. The molecule has 1 unspecified atom stereocenters. The maximum Gasteiger partial charge on any atom is 0.191 e. The predicted molar refractivity (Wildman–Crippen MR) is 115 cm³/mol. The number of benzene rings is 1. The first-order valence-corrected chi connectivity index (χ1v) is 10.5. The normalized spacial score (nSPS) is 13.1. The quantitative estimate of drug-likeness (QED) is 0.305. The van der Waals surface area contributed by atoms with Gasteiger partial charge in [-0.25, -0.2) is 0 Å². The molecule has 2 aromatic heterocycles. The molecule has 0 saturated heterocycles. The van der Waals surface area contributed by atoms with Gasteiger partial charge in [0.15, 0.2) is 5.96 Å². The Balaban J connectivity index is 1.53. The molecule has 7 heteroatoms. The van der Waals surface area contributed by atoms with E-state index >= 15 is 0 Å². The number of aryl methyl sites for hydroxylation is 2. The molecule has 0 aliphatic carbocycles. The van der Waals surface area contributed by atoms with Crippen molar-refractivity contribution in [3.8, 4) is 0 Å². The molecule has 0 radical (unpaired) electrons. The Bertz CT molecular complexity index is 879. The Morgan fingerprint density at radius 2 is 2.11 bits per heavy atom. The summed E-state index contributed by atoms with van der Waals surface area (Å²) in [5.41, 5.74) is 2.15.